The van der Waals surface area contributed by atoms with E-state index < -0.39 is 224 Å². The van der Waals surface area contributed by atoms with Crippen LogP contribution in [0.25, 0.3) is 0 Å². The van der Waals surface area contributed by atoms with Gasteiger partial charge in [-0.05, 0) is 105 Å². The maximum absolute atomic E-state index is 13.2. The molecule has 0 aromatic rings. The molecular weight excluding hydrogens is 1140 g/mol. The zero-order chi connectivity index (χ0) is 63.5. The predicted molar refractivity (Wildman–Crippen MR) is 291 cm³/mol. The molecular formula is C59H94O27. The van der Waals surface area contributed by atoms with Gasteiger partial charge < -0.3 is 124 Å². The Bertz CT molecular complexity index is 2480. The number of rotatable bonds is 15. The second kappa shape index (κ2) is 24.8. The van der Waals surface area contributed by atoms with E-state index in [0.717, 1.165) is 5.57 Å². The SMILES string of the molecule is C/C=C(/C)C(=O)O[C@H]1[C@H](O)[C@@H](O)[C@H](O[C@H]2[C@H](O)[C@]3(CO)[C@H](O)C[C@]4(C)C(=CC[C@@H]5[C@@]6(C)CC[C@H](O[C@@H]7O[C@H](C(=O)O)[C@@H](O[C@@H]8O[C@H](CO)[C@@H](O)[C@H](O)[C@H]8O)[C@H](O)[C@H]7O[C@@H]7O[C@H](CO)[C@@H](O)[C@H](O)[C@H]7O)[C@](C)(CO)[C@@H]6CC[C@]54C)[C@H]3CC2(C)C)O[C@@H]1C. The molecule has 86 heavy (non-hydrogen) atoms. The van der Waals surface area contributed by atoms with Crippen LogP contribution in [0.2, 0.25) is 0 Å². The Morgan fingerprint density at radius 1 is 0.628 bits per heavy atom. The lowest BCUT2D eigenvalue weighted by molar-refractivity contribution is -0.392. The van der Waals surface area contributed by atoms with Crippen LogP contribution in [0.3, 0.4) is 0 Å². The number of fused-ring (bicyclic) bond motifs is 7. The van der Waals surface area contributed by atoms with Crippen molar-refractivity contribution in [3.05, 3.63) is 23.3 Å². The first-order valence-electron chi connectivity index (χ1n) is 30.2. The van der Waals surface area contributed by atoms with E-state index in [4.69, 9.17) is 42.6 Å². The minimum atomic E-state index is -2.19. The van der Waals surface area contributed by atoms with Crippen molar-refractivity contribution in [1.29, 1.82) is 0 Å². The number of ether oxygens (including phenoxy) is 9. The van der Waals surface area contributed by atoms with Crippen molar-refractivity contribution in [3.63, 3.8) is 0 Å². The van der Waals surface area contributed by atoms with Gasteiger partial charge in [0.15, 0.2) is 37.4 Å². The molecule has 0 aromatic carbocycles. The standard InChI is InChI=1S/C59H94O27/c1-10-23(2)49(77)82-42-24(3)78-50(40(72)37(42)69)86-47-46(74)59(22-63)26(17-54(47,4)5)25-11-12-30-55(6)15-14-32(56(7,21-62)29(55)13-16-57(30,8)58(25,9)18-31(59)64)81-53-44(84-52-39(71)36(68)34(66)28(20-61)80-52)41(73)43(45(85-53)48(75)76)83-51-38(70)35(67)33(65)27(19-60)79-51/h10-11,24,26-47,50-53,60-74H,12-22H2,1-9H3,(H,75,76)/b23-10-/t24-,26-,27-,28-,29-,30-,31-,32+,33-,34-,35+,36+,37-,38-,39-,40-,41+,42-,43+,44-,45+,46+,47+,50+,51+,52+,53-,55+,56-,57-,58-,59+/m1/s1. The molecule has 4 saturated heterocycles. The molecule has 5 aliphatic carbocycles. The van der Waals surface area contributed by atoms with Gasteiger partial charge in [-0.2, -0.15) is 0 Å². The number of hydrogen-bond donors (Lipinski definition) is 16. The normalized spacial score (nSPS) is 53.0. The molecule has 32 atom stereocenters. The lowest BCUT2D eigenvalue weighted by Gasteiger charge is -2.72. The number of aliphatic carboxylic acids is 1. The van der Waals surface area contributed by atoms with Gasteiger partial charge in [0, 0.05) is 11.0 Å². The van der Waals surface area contributed by atoms with E-state index in [9.17, 15) is 91.3 Å². The number of aliphatic hydroxyl groups is 15. The highest BCUT2D eigenvalue weighted by Crippen LogP contribution is 2.76. The van der Waals surface area contributed by atoms with Gasteiger partial charge in [-0.1, -0.05) is 59.3 Å². The molecule has 4 aliphatic heterocycles. The van der Waals surface area contributed by atoms with E-state index in [1.165, 1.54) is 0 Å². The Kier molecular flexibility index (Phi) is 19.6. The molecule has 4 saturated carbocycles. The summed E-state index contributed by atoms with van der Waals surface area (Å²) in [5.41, 5.74) is -4.23. The fraction of sp³-hybridized carbons (Fsp3) is 0.898. The third-order valence-corrected chi connectivity index (χ3v) is 22.9. The lowest BCUT2D eigenvalue weighted by Crippen LogP contribution is -2.72. The summed E-state index contributed by atoms with van der Waals surface area (Å²) in [5.74, 6) is -3.46. The Morgan fingerprint density at radius 2 is 1.20 bits per heavy atom. The summed E-state index contributed by atoms with van der Waals surface area (Å²) in [5, 5.41) is 179. The van der Waals surface area contributed by atoms with Crippen LogP contribution in [-0.4, -0.2) is 267 Å². The van der Waals surface area contributed by atoms with E-state index in [1.807, 2.05) is 20.8 Å². The Labute approximate surface area is 499 Å². The fourth-order valence-corrected chi connectivity index (χ4v) is 17.4. The summed E-state index contributed by atoms with van der Waals surface area (Å²) in [6, 6.07) is 0. The largest absolute Gasteiger partial charge is 0.479 e. The van der Waals surface area contributed by atoms with Crippen LogP contribution in [0, 0.1) is 50.2 Å². The first-order valence-corrected chi connectivity index (χ1v) is 30.2. The van der Waals surface area contributed by atoms with Gasteiger partial charge in [-0.25, -0.2) is 9.59 Å². The third-order valence-electron chi connectivity index (χ3n) is 22.9. The molecule has 4 heterocycles. The van der Waals surface area contributed by atoms with Gasteiger partial charge in [-0.15, -0.1) is 0 Å². The van der Waals surface area contributed by atoms with E-state index >= 15 is 0 Å². The van der Waals surface area contributed by atoms with Crippen LogP contribution in [0.1, 0.15) is 107 Å². The van der Waals surface area contributed by atoms with Crippen molar-refractivity contribution in [2.45, 2.75) is 254 Å². The summed E-state index contributed by atoms with van der Waals surface area (Å²) >= 11 is 0. The maximum Gasteiger partial charge on any atom is 0.335 e. The van der Waals surface area contributed by atoms with Crippen molar-refractivity contribution in [3.8, 4) is 0 Å². The maximum atomic E-state index is 13.2. The summed E-state index contributed by atoms with van der Waals surface area (Å²) in [6.45, 7) is 14.0. The second-order valence-corrected chi connectivity index (χ2v) is 27.7. The Morgan fingerprint density at radius 3 is 1.74 bits per heavy atom. The number of carboxylic acids is 1. The summed E-state index contributed by atoms with van der Waals surface area (Å²) in [7, 11) is 0. The molecule has 9 aliphatic rings. The van der Waals surface area contributed by atoms with Gasteiger partial charge in [0.2, 0.25) is 0 Å². The van der Waals surface area contributed by atoms with Crippen LogP contribution in [0.5, 0.6) is 0 Å². The molecule has 0 spiro atoms. The van der Waals surface area contributed by atoms with Gasteiger partial charge in [0.25, 0.3) is 0 Å². The lowest BCUT2D eigenvalue weighted by atomic mass is 9.33. The van der Waals surface area contributed by atoms with Gasteiger partial charge >= 0.3 is 11.9 Å². The fourth-order valence-electron chi connectivity index (χ4n) is 17.4. The van der Waals surface area contributed by atoms with Crippen molar-refractivity contribution < 1.29 is 134 Å². The summed E-state index contributed by atoms with van der Waals surface area (Å²) in [6.07, 6.45) is -34.6. The molecule has 0 unspecified atom stereocenters. The van der Waals surface area contributed by atoms with Crippen LogP contribution in [-0.2, 0) is 52.2 Å². The van der Waals surface area contributed by atoms with Crippen molar-refractivity contribution in [2.24, 2.45) is 50.2 Å². The van der Waals surface area contributed by atoms with Gasteiger partial charge in [0.05, 0.1) is 62.4 Å². The number of aliphatic hydroxyl groups excluding tert-OH is 15. The van der Waals surface area contributed by atoms with E-state index in [-0.39, 0.29) is 30.3 Å². The average molecular weight is 1240 g/mol. The molecule has 0 amide bonds. The number of carbonyl (C=O) groups excluding carboxylic acids is 1. The second-order valence-electron chi connectivity index (χ2n) is 27.7. The van der Waals surface area contributed by atoms with Crippen LogP contribution in [0.15, 0.2) is 23.3 Å². The molecule has 0 aromatic heterocycles. The monoisotopic (exact) mass is 1230 g/mol. The summed E-state index contributed by atoms with van der Waals surface area (Å²) < 4.78 is 54.0. The zero-order valence-corrected chi connectivity index (χ0v) is 50.2. The molecule has 27 heteroatoms. The molecule has 16 N–H and O–H groups in total. The third kappa shape index (κ3) is 10.8. The minimum absolute atomic E-state index is 0.115. The van der Waals surface area contributed by atoms with E-state index in [0.29, 0.717) is 32.1 Å². The highest BCUT2D eigenvalue weighted by Gasteiger charge is 2.73. The summed E-state index contributed by atoms with van der Waals surface area (Å²) in [4.78, 5) is 25.8. The van der Waals surface area contributed by atoms with Crippen LogP contribution < -0.4 is 0 Å². The molecule has 27 nitrogen and oxygen atoms in total. The molecule has 9 rings (SSSR count). The average Bonchev–Trinajstić information content (AvgIpc) is 0.673. The number of carboxylic acid groups (broad SMARTS) is 1. The first-order chi connectivity index (χ1) is 40.2. The van der Waals surface area contributed by atoms with Gasteiger partial charge in [0.1, 0.15) is 79.4 Å². The number of carbonyl (C=O) groups is 2. The Hall–Kier alpha value is -2.50. The van der Waals surface area contributed by atoms with E-state index in [1.54, 1.807) is 26.8 Å². The van der Waals surface area contributed by atoms with Crippen molar-refractivity contribution >= 4 is 11.9 Å². The molecule has 0 radical (unpaired) electrons. The van der Waals surface area contributed by atoms with Crippen molar-refractivity contribution in [1.82, 2.24) is 0 Å². The minimum Gasteiger partial charge on any atom is -0.479 e. The molecule has 8 fully saturated rings. The zero-order valence-electron chi connectivity index (χ0n) is 50.2. The smallest absolute Gasteiger partial charge is 0.335 e. The first kappa shape index (κ1) is 67.9. The topological polar surface area (TPSA) is 441 Å². The number of hydrogen-bond acceptors (Lipinski definition) is 26. The highest BCUT2D eigenvalue weighted by molar-refractivity contribution is 5.87. The van der Waals surface area contributed by atoms with Crippen molar-refractivity contribution in [2.75, 3.05) is 26.4 Å². The molecule has 492 valence electrons. The van der Waals surface area contributed by atoms with Crippen LogP contribution in [0.4, 0.5) is 0 Å². The number of esters is 1. The van der Waals surface area contributed by atoms with Gasteiger partial charge in [-0.3, -0.25) is 0 Å². The Balaban J connectivity index is 0.982. The van der Waals surface area contributed by atoms with E-state index in [2.05, 4.69) is 26.8 Å². The van der Waals surface area contributed by atoms with Crippen LogP contribution >= 0.6 is 0 Å². The quantitative estimate of drug-likeness (QED) is 0.0335. The highest BCUT2D eigenvalue weighted by atomic mass is 16.8. The molecule has 0 bridgehead atoms. The number of allylic oxidation sites excluding steroid dienone is 3. The predicted octanol–water partition coefficient (Wildman–Crippen LogP) is -3.04.